The van der Waals surface area contributed by atoms with E-state index < -0.39 is 11.0 Å². The molecule has 0 radical (unpaired) electrons. The minimum Gasteiger partial charge on any atom is -0.422 e. The van der Waals surface area contributed by atoms with Crippen molar-refractivity contribution in [3.63, 3.8) is 0 Å². The highest BCUT2D eigenvalue weighted by Crippen LogP contribution is 2.34. The number of fused-ring (bicyclic) bond motifs is 3. The van der Waals surface area contributed by atoms with Gasteiger partial charge < -0.3 is 9.73 Å². The number of hydrogen-bond acceptors (Lipinski definition) is 4. The normalized spacial score (nSPS) is 12.0. The van der Waals surface area contributed by atoms with Crippen LogP contribution in [0.1, 0.15) is 20.8 Å². The van der Waals surface area contributed by atoms with Crippen molar-refractivity contribution in [3.05, 3.63) is 40.1 Å². The first-order chi connectivity index (χ1) is 9.88. The Bertz CT molecular complexity index is 899. The van der Waals surface area contributed by atoms with Gasteiger partial charge in [0.05, 0.1) is 0 Å². The summed E-state index contributed by atoms with van der Waals surface area (Å²) in [5.74, 6) is -0.126. The van der Waals surface area contributed by atoms with E-state index >= 15 is 0 Å². The predicted octanol–water partition coefficient (Wildman–Crippen LogP) is 3.99. The van der Waals surface area contributed by atoms with Crippen LogP contribution in [0.25, 0.3) is 21.7 Å². The molecule has 108 valence electrons. The Morgan fingerprint density at radius 2 is 1.90 bits per heavy atom. The van der Waals surface area contributed by atoms with Crippen LogP contribution in [0.4, 0.5) is 5.00 Å². The smallest absolute Gasteiger partial charge is 0.347 e. The molecule has 21 heavy (non-hydrogen) atoms. The van der Waals surface area contributed by atoms with E-state index in [2.05, 4.69) is 5.32 Å². The molecule has 5 heteroatoms. The molecule has 0 aliphatic carbocycles. The maximum Gasteiger partial charge on any atom is 0.347 e. The molecular weight excluding hydrogens is 286 g/mol. The molecule has 1 N–H and O–H groups in total. The minimum atomic E-state index is -0.520. The van der Waals surface area contributed by atoms with Gasteiger partial charge in [-0.3, -0.25) is 4.79 Å². The van der Waals surface area contributed by atoms with E-state index in [9.17, 15) is 9.59 Å². The van der Waals surface area contributed by atoms with E-state index in [1.54, 1.807) is 6.07 Å². The topological polar surface area (TPSA) is 59.3 Å². The van der Waals surface area contributed by atoms with E-state index in [1.807, 2.05) is 44.4 Å². The molecular formula is C16H15NO3S. The monoisotopic (exact) mass is 301 g/mol. The van der Waals surface area contributed by atoms with Gasteiger partial charge in [0, 0.05) is 21.6 Å². The van der Waals surface area contributed by atoms with Crippen molar-refractivity contribution in [2.75, 3.05) is 5.32 Å². The van der Waals surface area contributed by atoms with E-state index in [1.165, 1.54) is 11.3 Å². The first-order valence-corrected chi connectivity index (χ1v) is 7.50. The highest BCUT2D eigenvalue weighted by atomic mass is 32.1. The Hall–Kier alpha value is -2.14. The number of carbonyl (C=O) groups is 1. The third-order valence-electron chi connectivity index (χ3n) is 3.28. The van der Waals surface area contributed by atoms with Crippen molar-refractivity contribution >= 4 is 44.0 Å². The molecule has 0 aliphatic rings. The molecule has 0 saturated heterocycles. The van der Waals surface area contributed by atoms with Crippen LogP contribution in [-0.4, -0.2) is 5.91 Å². The van der Waals surface area contributed by atoms with Gasteiger partial charge in [0.15, 0.2) is 0 Å². The maximum absolute atomic E-state index is 12.2. The van der Waals surface area contributed by atoms with Gasteiger partial charge in [0.1, 0.15) is 16.0 Å². The lowest BCUT2D eigenvalue weighted by atomic mass is 9.96. The fraction of sp³-hybridized carbons (Fsp3) is 0.250. The number of para-hydroxylation sites is 1. The first-order valence-electron chi connectivity index (χ1n) is 6.62. The van der Waals surface area contributed by atoms with Crippen LogP contribution in [0.2, 0.25) is 0 Å². The summed E-state index contributed by atoms with van der Waals surface area (Å²) in [6.07, 6.45) is 0. The highest BCUT2D eigenvalue weighted by Gasteiger charge is 2.23. The van der Waals surface area contributed by atoms with E-state index in [4.69, 9.17) is 4.42 Å². The van der Waals surface area contributed by atoms with Crippen molar-refractivity contribution in [1.82, 2.24) is 0 Å². The molecule has 0 aliphatic heterocycles. The zero-order valence-electron chi connectivity index (χ0n) is 12.0. The standard InChI is InChI=1S/C16H15NO3S/c1-16(2,3)15(19)17-13-12-10(8-21-13)9-6-4-5-7-11(9)20-14(12)18/h4-8H,1-3H3,(H,17,19). The predicted molar refractivity (Wildman–Crippen MR) is 86.0 cm³/mol. The summed E-state index contributed by atoms with van der Waals surface area (Å²) >= 11 is 1.34. The van der Waals surface area contributed by atoms with Gasteiger partial charge in [0.2, 0.25) is 5.91 Å². The molecule has 2 heterocycles. The van der Waals surface area contributed by atoms with Gasteiger partial charge in [-0.15, -0.1) is 11.3 Å². The number of anilines is 1. The van der Waals surface area contributed by atoms with Gasteiger partial charge >= 0.3 is 5.63 Å². The number of thiophene rings is 1. The lowest BCUT2D eigenvalue weighted by Crippen LogP contribution is -2.27. The molecule has 3 aromatic rings. The summed E-state index contributed by atoms with van der Waals surface area (Å²) in [5.41, 5.74) is -0.386. The number of hydrogen-bond donors (Lipinski definition) is 1. The molecule has 0 fully saturated rings. The summed E-state index contributed by atoms with van der Waals surface area (Å²) in [6.45, 7) is 5.49. The van der Waals surface area contributed by atoms with E-state index in [-0.39, 0.29) is 5.91 Å². The maximum atomic E-state index is 12.2. The molecule has 0 atom stereocenters. The van der Waals surface area contributed by atoms with Crippen molar-refractivity contribution in [3.8, 4) is 0 Å². The molecule has 1 amide bonds. The second-order valence-corrected chi connectivity index (χ2v) is 6.82. The quantitative estimate of drug-likeness (QED) is 0.691. The lowest BCUT2D eigenvalue weighted by molar-refractivity contribution is -0.123. The Morgan fingerprint density at radius 1 is 1.19 bits per heavy atom. The van der Waals surface area contributed by atoms with Gasteiger partial charge in [-0.25, -0.2) is 4.79 Å². The Labute approximate surface area is 125 Å². The number of carbonyl (C=O) groups excluding carboxylic acids is 1. The fourth-order valence-corrected chi connectivity index (χ4v) is 3.01. The number of amides is 1. The van der Waals surface area contributed by atoms with Gasteiger partial charge in [-0.05, 0) is 6.07 Å². The molecule has 0 saturated carbocycles. The first kappa shape index (κ1) is 13.8. The second-order valence-electron chi connectivity index (χ2n) is 5.94. The molecule has 0 spiro atoms. The summed E-state index contributed by atoms with van der Waals surface area (Å²) < 4.78 is 5.34. The zero-order chi connectivity index (χ0) is 15.2. The zero-order valence-corrected chi connectivity index (χ0v) is 12.8. The van der Waals surface area contributed by atoms with Crippen LogP contribution in [0.5, 0.6) is 0 Å². The summed E-state index contributed by atoms with van der Waals surface area (Å²) in [4.78, 5) is 24.3. The minimum absolute atomic E-state index is 0.126. The molecule has 0 unspecified atom stereocenters. The Kier molecular flexibility index (Phi) is 3.10. The molecule has 0 bridgehead atoms. The molecule has 3 rings (SSSR count). The molecule has 1 aromatic carbocycles. The van der Waals surface area contributed by atoms with Crippen molar-refractivity contribution in [2.24, 2.45) is 5.41 Å². The third-order valence-corrected chi connectivity index (χ3v) is 4.18. The molecule has 2 aromatic heterocycles. The van der Waals surface area contributed by atoms with Gasteiger partial charge in [-0.2, -0.15) is 0 Å². The van der Waals surface area contributed by atoms with Crippen LogP contribution in [0.15, 0.2) is 38.9 Å². The van der Waals surface area contributed by atoms with Crippen molar-refractivity contribution < 1.29 is 9.21 Å². The van der Waals surface area contributed by atoms with Crippen LogP contribution in [0, 0.1) is 5.41 Å². The number of nitrogens with one attached hydrogen (secondary N) is 1. The average Bonchev–Trinajstić information content (AvgIpc) is 2.82. The van der Waals surface area contributed by atoms with Crippen molar-refractivity contribution in [2.45, 2.75) is 20.8 Å². The fourth-order valence-electron chi connectivity index (χ4n) is 2.07. The van der Waals surface area contributed by atoms with Gasteiger partial charge in [-0.1, -0.05) is 39.0 Å². The average molecular weight is 301 g/mol. The van der Waals surface area contributed by atoms with E-state index in [0.717, 1.165) is 10.8 Å². The van der Waals surface area contributed by atoms with Crippen LogP contribution >= 0.6 is 11.3 Å². The third kappa shape index (κ3) is 2.34. The number of rotatable bonds is 1. The van der Waals surface area contributed by atoms with Crippen molar-refractivity contribution in [1.29, 1.82) is 0 Å². The van der Waals surface area contributed by atoms with Crippen LogP contribution < -0.4 is 10.9 Å². The van der Waals surface area contributed by atoms with Gasteiger partial charge in [0.25, 0.3) is 0 Å². The molecule has 4 nitrogen and oxygen atoms in total. The Balaban J connectivity index is 2.21. The summed E-state index contributed by atoms with van der Waals surface area (Å²) in [5, 5.41) is 7.39. The number of benzene rings is 1. The summed E-state index contributed by atoms with van der Waals surface area (Å²) in [7, 11) is 0. The second kappa shape index (κ2) is 4.70. The highest BCUT2D eigenvalue weighted by molar-refractivity contribution is 7.16. The Morgan fingerprint density at radius 3 is 2.62 bits per heavy atom. The lowest BCUT2D eigenvalue weighted by Gasteiger charge is -2.16. The SMILES string of the molecule is CC(C)(C)C(=O)Nc1scc2c1c(=O)oc1ccccc12. The largest absolute Gasteiger partial charge is 0.422 e. The van der Waals surface area contributed by atoms with Crippen LogP contribution in [0.3, 0.4) is 0 Å². The van der Waals surface area contributed by atoms with E-state index in [0.29, 0.717) is 16.0 Å². The summed E-state index contributed by atoms with van der Waals surface area (Å²) in [6, 6.07) is 7.39. The van der Waals surface area contributed by atoms with Crippen LogP contribution in [-0.2, 0) is 4.79 Å².